The maximum absolute atomic E-state index is 12.5. The summed E-state index contributed by atoms with van der Waals surface area (Å²) in [6, 6.07) is 22.6. The van der Waals surface area contributed by atoms with Gasteiger partial charge in [0.15, 0.2) is 5.78 Å². The van der Waals surface area contributed by atoms with Gasteiger partial charge in [-0.25, -0.2) is 0 Å². The summed E-state index contributed by atoms with van der Waals surface area (Å²) in [5.41, 5.74) is 9.55. The molecule has 0 saturated heterocycles. The molecule has 3 aromatic rings. The first kappa shape index (κ1) is 17.6. The minimum atomic E-state index is -0.774. The van der Waals surface area contributed by atoms with Crippen LogP contribution in [0.25, 0.3) is 0 Å². The highest BCUT2D eigenvalue weighted by molar-refractivity contribution is 6.09. The van der Waals surface area contributed by atoms with Crippen molar-refractivity contribution in [1.82, 2.24) is 0 Å². The summed E-state index contributed by atoms with van der Waals surface area (Å²) in [7, 11) is 0. The van der Waals surface area contributed by atoms with E-state index in [1.807, 2.05) is 49.4 Å². The van der Waals surface area contributed by atoms with Crippen LogP contribution in [0.5, 0.6) is 0 Å². The molecule has 26 heavy (non-hydrogen) atoms. The largest absolute Gasteiger partial charge is 0.324 e. The number of nitrogens with two attached hydrogens (primary N) is 1. The molecule has 3 N–H and O–H groups in total. The quantitative estimate of drug-likeness (QED) is 0.690. The number of hydrogen-bond donors (Lipinski definition) is 2. The Morgan fingerprint density at radius 3 is 2.19 bits per heavy atom. The second-order valence-electron chi connectivity index (χ2n) is 6.15. The van der Waals surface area contributed by atoms with Crippen molar-refractivity contribution in [1.29, 1.82) is 0 Å². The van der Waals surface area contributed by atoms with Crippen molar-refractivity contribution in [3.63, 3.8) is 0 Å². The lowest BCUT2D eigenvalue weighted by Crippen LogP contribution is -2.27. The van der Waals surface area contributed by atoms with Gasteiger partial charge in [0.2, 0.25) is 5.91 Å². The van der Waals surface area contributed by atoms with E-state index in [1.54, 1.807) is 36.4 Å². The summed E-state index contributed by atoms with van der Waals surface area (Å²) in [4.78, 5) is 25.0. The summed E-state index contributed by atoms with van der Waals surface area (Å²) in [6.07, 6.45) is 0. The van der Waals surface area contributed by atoms with Crippen molar-refractivity contribution >= 4 is 17.4 Å². The van der Waals surface area contributed by atoms with E-state index in [1.165, 1.54) is 0 Å². The molecule has 0 aliphatic rings. The van der Waals surface area contributed by atoms with E-state index >= 15 is 0 Å². The van der Waals surface area contributed by atoms with Gasteiger partial charge in [0, 0.05) is 16.8 Å². The third-order valence-electron chi connectivity index (χ3n) is 4.15. The molecular weight excluding hydrogens is 324 g/mol. The smallest absolute Gasteiger partial charge is 0.245 e. The van der Waals surface area contributed by atoms with Gasteiger partial charge in [0.25, 0.3) is 0 Å². The van der Waals surface area contributed by atoms with Crippen LogP contribution in [0.1, 0.15) is 33.1 Å². The maximum Gasteiger partial charge on any atom is 0.245 e. The molecule has 0 bridgehead atoms. The third kappa shape index (κ3) is 4.05. The highest BCUT2D eigenvalue weighted by Crippen LogP contribution is 2.18. The average Bonchev–Trinajstić information content (AvgIpc) is 2.68. The molecule has 3 aromatic carbocycles. The molecule has 0 saturated carbocycles. The van der Waals surface area contributed by atoms with E-state index < -0.39 is 6.04 Å². The molecule has 130 valence electrons. The summed E-state index contributed by atoms with van der Waals surface area (Å²) < 4.78 is 0. The molecular formula is C22H20N2O2. The van der Waals surface area contributed by atoms with Gasteiger partial charge in [0.05, 0.1) is 0 Å². The van der Waals surface area contributed by atoms with E-state index in [-0.39, 0.29) is 11.7 Å². The number of carbonyl (C=O) groups is 2. The first-order valence-electron chi connectivity index (χ1n) is 8.37. The lowest BCUT2D eigenvalue weighted by atomic mass is 10.0. The van der Waals surface area contributed by atoms with Gasteiger partial charge in [-0.05, 0) is 24.6 Å². The van der Waals surface area contributed by atoms with E-state index in [4.69, 9.17) is 5.73 Å². The van der Waals surface area contributed by atoms with Crippen molar-refractivity contribution in [2.24, 2.45) is 5.73 Å². The fraction of sp³-hybridized carbons (Fsp3) is 0.0909. The van der Waals surface area contributed by atoms with Crippen LogP contribution in [-0.4, -0.2) is 11.7 Å². The number of rotatable bonds is 5. The molecule has 0 radical (unpaired) electrons. The minimum Gasteiger partial charge on any atom is -0.324 e. The molecule has 3 rings (SSSR count). The predicted molar refractivity (Wildman–Crippen MR) is 103 cm³/mol. The molecule has 0 aliphatic heterocycles. The van der Waals surface area contributed by atoms with Crippen molar-refractivity contribution in [3.8, 4) is 0 Å². The number of carbonyl (C=O) groups excluding carboxylic acids is 2. The van der Waals surface area contributed by atoms with E-state index in [0.717, 1.165) is 11.1 Å². The molecule has 0 heterocycles. The number of hydrogen-bond acceptors (Lipinski definition) is 3. The predicted octanol–water partition coefficient (Wildman–Crippen LogP) is 3.86. The molecule has 0 aliphatic carbocycles. The first-order valence-corrected chi connectivity index (χ1v) is 8.37. The van der Waals surface area contributed by atoms with Gasteiger partial charge in [-0.2, -0.15) is 0 Å². The molecule has 4 nitrogen and oxygen atoms in total. The van der Waals surface area contributed by atoms with Crippen LogP contribution in [0, 0.1) is 6.92 Å². The van der Waals surface area contributed by atoms with Gasteiger partial charge < -0.3 is 11.1 Å². The number of aryl methyl sites for hydroxylation is 1. The average molecular weight is 344 g/mol. The van der Waals surface area contributed by atoms with Gasteiger partial charge >= 0.3 is 0 Å². The SMILES string of the molecule is Cc1ccc(C(N)C(=O)Nc2cccc(C(=O)c3ccccc3)c2)cc1. The van der Waals surface area contributed by atoms with Gasteiger partial charge in [-0.3, -0.25) is 9.59 Å². The van der Waals surface area contributed by atoms with E-state index in [2.05, 4.69) is 5.32 Å². The Morgan fingerprint density at radius 2 is 1.50 bits per heavy atom. The Kier molecular flexibility index (Phi) is 5.25. The van der Waals surface area contributed by atoms with Crippen LogP contribution in [0.15, 0.2) is 78.9 Å². The Bertz CT molecular complexity index is 918. The second-order valence-corrected chi connectivity index (χ2v) is 6.15. The second kappa shape index (κ2) is 7.76. The normalized spacial score (nSPS) is 11.6. The minimum absolute atomic E-state index is 0.0930. The Labute approximate surface area is 152 Å². The van der Waals surface area contributed by atoms with Gasteiger partial charge in [-0.15, -0.1) is 0 Å². The fourth-order valence-corrected chi connectivity index (χ4v) is 2.64. The van der Waals surface area contributed by atoms with Crippen LogP contribution in [0.2, 0.25) is 0 Å². The van der Waals surface area contributed by atoms with Crippen LogP contribution < -0.4 is 11.1 Å². The van der Waals surface area contributed by atoms with Crippen LogP contribution in [0.4, 0.5) is 5.69 Å². The van der Waals surface area contributed by atoms with Gasteiger partial charge in [-0.1, -0.05) is 72.3 Å². The van der Waals surface area contributed by atoms with Gasteiger partial charge in [0.1, 0.15) is 6.04 Å². The highest BCUT2D eigenvalue weighted by atomic mass is 16.2. The Morgan fingerprint density at radius 1 is 0.846 bits per heavy atom. The van der Waals surface area contributed by atoms with E-state index in [9.17, 15) is 9.59 Å². The number of benzene rings is 3. The molecule has 1 amide bonds. The van der Waals surface area contributed by atoms with Crippen molar-refractivity contribution in [3.05, 3.63) is 101 Å². The first-order chi connectivity index (χ1) is 12.5. The molecule has 1 atom stereocenters. The van der Waals surface area contributed by atoms with Crippen LogP contribution in [0.3, 0.4) is 0 Å². The molecule has 0 spiro atoms. The molecule has 4 heteroatoms. The monoisotopic (exact) mass is 344 g/mol. The summed E-state index contributed by atoms with van der Waals surface area (Å²) in [5, 5.41) is 2.79. The lowest BCUT2D eigenvalue weighted by molar-refractivity contribution is -0.117. The van der Waals surface area contributed by atoms with E-state index in [0.29, 0.717) is 16.8 Å². The Balaban J connectivity index is 1.75. The topological polar surface area (TPSA) is 72.2 Å². The third-order valence-corrected chi connectivity index (χ3v) is 4.15. The standard InChI is InChI=1S/C22H20N2O2/c1-15-10-12-16(13-11-15)20(23)22(26)24-19-9-5-8-18(14-19)21(25)17-6-3-2-4-7-17/h2-14,20H,23H2,1H3,(H,24,26). The number of amides is 1. The number of ketones is 1. The fourth-order valence-electron chi connectivity index (χ4n) is 2.64. The molecule has 0 aromatic heterocycles. The summed E-state index contributed by atoms with van der Waals surface area (Å²) in [6.45, 7) is 1.98. The lowest BCUT2D eigenvalue weighted by Gasteiger charge is -2.13. The zero-order chi connectivity index (χ0) is 18.5. The zero-order valence-electron chi connectivity index (χ0n) is 14.5. The zero-order valence-corrected chi connectivity index (χ0v) is 14.5. The van der Waals surface area contributed by atoms with Crippen LogP contribution in [-0.2, 0) is 4.79 Å². The van der Waals surface area contributed by atoms with Crippen molar-refractivity contribution < 1.29 is 9.59 Å². The summed E-state index contributed by atoms with van der Waals surface area (Å²) in [5.74, 6) is -0.414. The number of nitrogens with one attached hydrogen (secondary N) is 1. The highest BCUT2D eigenvalue weighted by Gasteiger charge is 2.16. The number of anilines is 1. The maximum atomic E-state index is 12.5. The van der Waals surface area contributed by atoms with Crippen molar-refractivity contribution in [2.75, 3.05) is 5.32 Å². The molecule has 0 fully saturated rings. The van der Waals surface area contributed by atoms with Crippen molar-refractivity contribution in [2.45, 2.75) is 13.0 Å². The summed E-state index contributed by atoms with van der Waals surface area (Å²) >= 11 is 0. The Hall–Kier alpha value is -3.24. The van der Waals surface area contributed by atoms with Crippen LogP contribution >= 0.6 is 0 Å². The molecule has 1 unspecified atom stereocenters.